The minimum absolute atomic E-state index is 0.0285. The van der Waals surface area contributed by atoms with E-state index in [2.05, 4.69) is 10.3 Å². The smallest absolute Gasteiger partial charge is 0.336 e. The van der Waals surface area contributed by atoms with Crippen LogP contribution >= 0.6 is 11.6 Å². The normalized spacial score (nSPS) is 10.1. The molecule has 1 aromatic carbocycles. The number of hydrogen-bond donors (Lipinski definition) is 2. The molecule has 0 spiro atoms. The molecule has 0 aliphatic rings. The average molecular weight is 291 g/mol. The Hall–Kier alpha value is -2.40. The van der Waals surface area contributed by atoms with Gasteiger partial charge in [0.05, 0.1) is 11.1 Å². The van der Waals surface area contributed by atoms with Crippen molar-refractivity contribution in [3.63, 3.8) is 0 Å². The number of nitrogens with one attached hydrogen (secondary N) is 1. The Morgan fingerprint density at radius 1 is 1.15 bits per heavy atom. The van der Waals surface area contributed by atoms with Gasteiger partial charge in [0.25, 0.3) is 5.91 Å². The van der Waals surface area contributed by atoms with Crippen LogP contribution in [0.1, 0.15) is 26.3 Å². The molecule has 0 aliphatic carbocycles. The molecule has 0 atom stereocenters. The Morgan fingerprint density at radius 3 is 2.45 bits per heavy atom. The lowest BCUT2D eigenvalue weighted by Gasteiger charge is -2.07. The highest BCUT2D eigenvalue weighted by molar-refractivity contribution is 6.29. The van der Waals surface area contributed by atoms with Crippen molar-refractivity contribution in [2.24, 2.45) is 0 Å². The van der Waals surface area contributed by atoms with Gasteiger partial charge < -0.3 is 10.4 Å². The molecular weight excluding hydrogens is 280 g/mol. The Morgan fingerprint density at radius 2 is 1.85 bits per heavy atom. The zero-order valence-electron chi connectivity index (χ0n) is 10.3. The van der Waals surface area contributed by atoms with Crippen LogP contribution in [0.4, 0.5) is 0 Å². The molecule has 102 valence electrons. The van der Waals surface area contributed by atoms with Crippen molar-refractivity contribution in [3.05, 3.63) is 64.4 Å². The van der Waals surface area contributed by atoms with Crippen molar-refractivity contribution >= 4 is 23.5 Å². The highest BCUT2D eigenvalue weighted by Crippen LogP contribution is 2.09. The number of aromatic carboxylic acids is 1. The Balaban J connectivity index is 2.09. The van der Waals surface area contributed by atoms with E-state index in [1.165, 1.54) is 12.1 Å². The second-order valence-corrected chi connectivity index (χ2v) is 4.41. The van der Waals surface area contributed by atoms with Gasteiger partial charge in [-0.15, -0.1) is 0 Å². The maximum atomic E-state index is 12.0. The Bertz CT molecular complexity index is 641. The summed E-state index contributed by atoms with van der Waals surface area (Å²) >= 11 is 5.66. The molecular formula is C14H11ClN2O3. The average Bonchev–Trinajstić information content (AvgIpc) is 2.46. The number of benzene rings is 1. The number of carboxylic acids is 1. The zero-order chi connectivity index (χ0) is 14.5. The number of carbonyl (C=O) groups excluding carboxylic acids is 1. The van der Waals surface area contributed by atoms with E-state index < -0.39 is 11.9 Å². The SMILES string of the molecule is O=C(O)c1ccccc1C(=O)NCc1ccc(Cl)nc1. The van der Waals surface area contributed by atoms with Gasteiger partial charge in [0.1, 0.15) is 5.15 Å². The van der Waals surface area contributed by atoms with Crippen molar-refractivity contribution in [1.29, 1.82) is 0 Å². The standard InChI is InChI=1S/C14H11ClN2O3/c15-12-6-5-9(7-16-12)8-17-13(18)10-3-1-2-4-11(10)14(19)20/h1-7H,8H2,(H,17,18)(H,19,20). The summed E-state index contributed by atoms with van der Waals surface area (Å²) in [5, 5.41) is 12.0. The number of nitrogens with zero attached hydrogens (tertiary/aromatic N) is 1. The van der Waals surface area contributed by atoms with Gasteiger partial charge in [0, 0.05) is 12.7 Å². The van der Waals surface area contributed by atoms with Crippen molar-refractivity contribution in [1.82, 2.24) is 10.3 Å². The van der Waals surface area contributed by atoms with Crippen molar-refractivity contribution in [3.8, 4) is 0 Å². The van der Waals surface area contributed by atoms with Crippen LogP contribution in [0.5, 0.6) is 0 Å². The molecule has 0 fully saturated rings. The van der Waals surface area contributed by atoms with Gasteiger partial charge in [-0.2, -0.15) is 0 Å². The summed E-state index contributed by atoms with van der Waals surface area (Å²) in [6.45, 7) is 0.247. The van der Waals surface area contributed by atoms with Crippen LogP contribution in [0, 0.1) is 0 Å². The lowest BCUT2D eigenvalue weighted by Crippen LogP contribution is -2.24. The quantitative estimate of drug-likeness (QED) is 0.847. The molecule has 1 heterocycles. The first-order chi connectivity index (χ1) is 9.58. The van der Waals surface area contributed by atoms with Gasteiger partial charge in [-0.05, 0) is 23.8 Å². The summed E-state index contributed by atoms with van der Waals surface area (Å²) in [6.07, 6.45) is 1.55. The second kappa shape index (κ2) is 6.16. The number of hydrogen-bond acceptors (Lipinski definition) is 3. The molecule has 0 saturated heterocycles. The summed E-state index contributed by atoms with van der Waals surface area (Å²) in [4.78, 5) is 26.9. The third-order valence-electron chi connectivity index (χ3n) is 2.64. The van der Waals surface area contributed by atoms with E-state index in [1.807, 2.05) is 0 Å². The highest BCUT2D eigenvalue weighted by Gasteiger charge is 2.15. The summed E-state index contributed by atoms with van der Waals surface area (Å²) in [7, 11) is 0. The number of carboxylic acid groups (broad SMARTS) is 1. The van der Waals surface area contributed by atoms with Gasteiger partial charge >= 0.3 is 5.97 Å². The van der Waals surface area contributed by atoms with E-state index in [-0.39, 0.29) is 17.7 Å². The lowest BCUT2D eigenvalue weighted by atomic mass is 10.1. The maximum absolute atomic E-state index is 12.0. The first kappa shape index (κ1) is 14.0. The monoisotopic (exact) mass is 290 g/mol. The second-order valence-electron chi connectivity index (χ2n) is 4.02. The molecule has 5 nitrogen and oxygen atoms in total. The molecule has 0 aliphatic heterocycles. The van der Waals surface area contributed by atoms with E-state index in [1.54, 1.807) is 30.5 Å². The number of halogens is 1. The molecule has 1 amide bonds. The van der Waals surface area contributed by atoms with Crippen molar-refractivity contribution < 1.29 is 14.7 Å². The predicted molar refractivity (Wildman–Crippen MR) is 73.8 cm³/mol. The topological polar surface area (TPSA) is 79.3 Å². The minimum atomic E-state index is -1.14. The maximum Gasteiger partial charge on any atom is 0.336 e. The molecule has 2 rings (SSSR count). The molecule has 0 radical (unpaired) electrons. The molecule has 2 N–H and O–H groups in total. The predicted octanol–water partition coefficient (Wildman–Crippen LogP) is 2.36. The van der Waals surface area contributed by atoms with Gasteiger partial charge in [-0.1, -0.05) is 29.8 Å². The summed E-state index contributed by atoms with van der Waals surface area (Å²) < 4.78 is 0. The summed E-state index contributed by atoms with van der Waals surface area (Å²) in [5.74, 6) is -1.58. The fraction of sp³-hybridized carbons (Fsp3) is 0.0714. The molecule has 2 aromatic rings. The molecule has 0 bridgehead atoms. The number of pyridine rings is 1. The molecule has 6 heteroatoms. The molecule has 0 saturated carbocycles. The van der Waals surface area contributed by atoms with E-state index in [0.29, 0.717) is 5.15 Å². The number of rotatable bonds is 4. The third-order valence-corrected chi connectivity index (χ3v) is 2.87. The number of carbonyl (C=O) groups is 2. The fourth-order valence-corrected chi connectivity index (χ4v) is 1.77. The van der Waals surface area contributed by atoms with Crippen LogP contribution in [-0.2, 0) is 6.54 Å². The fourth-order valence-electron chi connectivity index (χ4n) is 1.66. The number of amides is 1. The van der Waals surface area contributed by atoms with Crippen LogP contribution < -0.4 is 5.32 Å². The van der Waals surface area contributed by atoms with Crippen LogP contribution in [0.15, 0.2) is 42.6 Å². The lowest BCUT2D eigenvalue weighted by molar-refractivity contribution is 0.0691. The van der Waals surface area contributed by atoms with Gasteiger partial charge in [0.2, 0.25) is 0 Å². The molecule has 1 aromatic heterocycles. The van der Waals surface area contributed by atoms with Crippen LogP contribution in [0.3, 0.4) is 0 Å². The number of aromatic nitrogens is 1. The van der Waals surface area contributed by atoms with Crippen LogP contribution in [0.25, 0.3) is 0 Å². The highest BCUT2D eigenvalue weighted by atomic mass is 35.5. The Labute approximate surface area is 120 Å². The minimum Gasteiger partial charge on any atom is -0.478 e. The van der Waals surface area contributed by atoms with Gasteiger partial charge in [-0.25, -0.2) is 9.78 Å². The summed E-state index contributed by atoms with van der Waals surface area (Å²) in [5.41, 5.74) is 0.872. The van der Waals surface area contributed by atoms with E-state index in [4.69, 9.17) is 16.7 Å². The first-order valence-electron chi connectivity index (χ1n) is 5.79. The van der Waals surface area contributed by atoms with Gasteiger partial charge in [0.15, 0.2) is 0 Å². The zero-order valence-corrected chi connectivity index (χ0v) is 11.1. The van der Waals surface area contributed by atoms with Crippen LogP contribution in [-0.4, -0.2) is 22.0 Å². The van der Waals surface area contributed by atoms with Gasteiger partial charge in [-0.3, -0.25) is 4.79 Å². The molecule has 0 unspecified atom stereocenters. The molecule has 20 heavy (non-hydrogen) atoms. The van der Waals surface area contributed by atoms with Crippen molar-refractivity contribution in [2.75, 3.05) is 0 Å². The third kappa shape index (κ3) is 3.33. The largest absolute Gasteiger partial charge is 0.478 e. The Kier molecular flexibility index (Phi) is 4.32. The summed E-state index contributed by atoms with van der Waals surface area (Å²) in [6, 6.07) is 9.40. The van der Waals surface area contributed by atoms with E-state index in [0.717, 1.165) is 5.56 Å². The van der Waals surface area contributed by atoms with E-state index >= 15 is 0 Å². The first-order valence-corrected chi connectivity index (χ1v) is 6.16. The van der Waals surface area contributed by atoms with Crippen LogP contribution in [0.2, 0.25) is 5.15 Å². The van der Waals surface area contributed by atoms with Crippen molar-refractivity contribution in [2.45, 2.75) is 6.54 Å². The van der Waals surface area contributed by atoms with E-state index in [9.17, 15) is 9.59 Å².